The first-order valence-electron chi connectivity index (χ1n) is 9.33. The van der Waals surface area contributed by atoms with Gasteiger partial charge in [-0.3, -0.25) is 0 Å². The third-order valence-corrected chi connectivity index (χ3v) is 4.35. The number of hydrogen-bond donors (Lipinski definition) is 3. The Labute approximate surface area is 179 Å². The lowest BCUT2D eigenvalue weighted by molar-refractivity contribution is -0.193. The number of hydrogen-bond acceptors (Lipinski definition) is 6. The van der Waals surface area contributed by atoms with E-state index in [9.17, 15) is 26.3 Å². The molecular weight excluding hydrogens is 452 g/mol. The maximum absolute atomic E-state index is 10.6. The zero-order valence-corrected chi connectivity index (χ0v) is 17.1. The second-order valence-electron chi connectivity index (χ2n) is 6.84. The van der Waals surface area contributed by atoms with Gasteiger partial charge in [0.2, 0.25) is 0 Å². The number of carbonyl (C=O) groups is 2. The molecule has 2 aliphatic heterocycles. The number of nitrogens with one attached hydrogen (secondary N) is 1. The number of piperazine rings is 1. The Morgan fingerprint density at radius 3 is 2.16 bits per heavy atom. The molecule has 182 valence electrons. The van der Waals surface area contributed by atoms with E-state index < -0.39 is 24.3 Å². The lowest BCUT2D eigenvalue weighted by Crippen LogP contribution is -2.55. The molecule has 3 heterocycles. The van der Waals surface area contributed by atoms with Gasteiger partial charge in [-0.15, -0.1) is 0 Å². The molecule has 1 fully saturated rings. The first-order chi connectivity index (χ1) is 14.7. The van der Waals surface area contributed by atoms with Crippen molar-refractivity contribution in [3.63, 3.8) is 0 Å². The van der Waals surface area contributed by atoms with Gasteiger partial charge in [0.15, 0.2) is 0 Å². The molecule has 3 rings (SSSR count). The lowest BCUT2D eigenvalue weighted by Gasteiger charge is -2.37. The van der Waals surface area contributed by atoms with Crippen LogP contribution in [0.1, 0.15) is 25.0 Å². The number of ether oxygens (including phenoxy) is 1. The number of nitrogens with zero attached hydrogens (tertiary/aromatic N) is 2. The summed E-state index contributed by atoms with van der Waals surface area (Å²) in [7, 11) is 0. The van der Waals surface area contributed by atoms with Gasteiger partial charge in [0.05, 0.1) is 6.61 Å². The van der Waals surface area contributed by atoms with Crippen molar-refractivity contribution in [3.8, 4) is 0 Å². The Morgan fingerprint density at radius 1 is 1.16 bits per heavy atom. The van der Waals surface area contributed by atoms with E-state index in [-0.39, 0.29) is 0 Å². The Morgan fingerprint density at radius 2 is 1.69 bits per heavy atom. The van der Waals surface area contributed by atoms with Crippen LogP contribution in [0.2, 0.25) is 0 Å². The number of pyridine rings is 1. The smallest absolute Gasteiger partial charge is 0.475 e. The fraction of sp³-hybridized carbons (Fsp3) is 0.611. The minimum Gasteiger partial charge on any atom is -0.475 e. The SMILES string of the molecule is CCOCc1cnc2c(c1)C[C@@H]1CNC[C@@H](C)N21.O=C(O)C(F)(F)F.O=C(O)C(F)(F)F. The highest BCUT2D eigenvalue weighted by molar-refractivity contribution is 5.73. The van der Waals surface area contributed by atoms with Crippen molar-refractivity contribution in [3.05, 3.63) is 23.4 Å². The van der Waals surface area contributed by atoms with Gasteiger partial charge in [-0.05, 0) is 37.5 Å². The summed E-state index contributed by atoms with van der Waals surface area (Å²) >= 11 is 0. The largest absolute Gasteiger partial charge is 0.490 e. The van der Waals surface area contributed by atoms with Crippen LogP contribution in [-0.2, 0) is 27.4 Å². The van der Waals surface area contributed by atoms with Crippen LogP contribution < -0.4 is 10.2 Å². The van der Waals surface area contributed by atoms with Crippen LogP contribution in [-0.4, -0.2) is 71.3 Å². The number of carboxylic acids is 2. The summed E-state index contributed by atoms with van der Waals surface area (Å²) in [5.41, 5.74) is 2.57. The van der Waals surface area contributed by atoms with Gasteiger partial charge in [0.25, 0.3) is 0 Å². The van der Waals surface area contributed by atoms with Crippen molar-refractivity contribution < 1.29 is 50.9 Å². The summed E-state index contributed by atoms with van der Waals surface area (Å²) in [6.45, 7) is 7.85. The first-order valence-corrected chi connectivity index (χ1v) is 9.33. The van der Waals surface area contributed by atoms with Crippen molar-refractivity contribution in [1.29, 1.82) is 0 Å². The first kappa shape index (κ1) is 27.4. The van der Waals surface area contributed by atoms with Crippen molar-refractivity contribution in [2.24, 2.45) is 0 Å². The van der Waals surface area contributed by atoms with Crippen LogP contribution in [0.15, 0.2) is 12.3 Å². The normalized spacial score (nSPS) is 19.6. The predicted molar refractivity (Wildman–Crippen MR) is 99.3 cm³/mol. The van der Waals surface area contributed by atoms with Crippen LogP contribution in [0, 0.1) is 0 Å². The van der Waals surface area contributed by atoms with Crippen molar-refractivity contribution in [2.75, 3.05) is 24.6 Å². The van der Waals surface area contributed by atoms with Crippen LogP contribution in [0.25, 0.3) is 0 Å². The zero-order valence-electron chi connectivity index (χ0n) is 17.1. The number of rotatable bonds is 3. The molecule has 1 saturated heterocycles. The Kier molecular flexibility index (Phi) is 9.70. The van der Waals surface area contributed by atoms with Crippen LogP contribution in [0.5, 0.6) is 0 Å². The molecule has 2 atom stereocenters. The summed E-state index contributed by atoms with van der Waals surface area (Å²) in [5.74, 6) is -4.32. The lowest BCUT2D eigenvalue weighted by atomic mass is 10.1. The summed E-state index contributed by atoms with van der Waals surface area (Å²) < 4.78 is 68.9. The van der Waals surface area contributed by atoms with E-state index >= 15 is 0 Å². The van der Waals surface area contributed by atoms with Crippen LogP contribution in [0.4, 0.5) is 32.2 Å². The highest BCUT2D eigenvalue weighted by Gasteiger charge is 2.39. The maximum Gasteiger partial charge on any atom is 0.490 e. The van der Waals surface area contributed by atoms with Gasteiger partial charge in [0, 0.05) is 38.0 Å². The molecule has 0 bridgehead atoms. The molecule has 2 aliphatic rings. The zero-order chi connectivity index (χ0) is 24.7. The van der Waals surface area contributed by atoms with E-state index in [1.807, 2.05) is 13.1 Å². The molecule has 32 heavy (non-hydrogen) atoms. The molecule has 0 amide bonds. The van der Waals surface area contributed by atoms with Gasteiger partial charge in [-0.25, -0.2) is 14.6 Å². The highest BCUT2D eigenvalue weighted by atomic mass is 19.4. The average Bonchev–Trinajstić information content (AvgIpc) is 3.04. The highest BCUT2D eigenvalue weighted by Crippen LogP contribution is 2.33. The molecular formula is C18H23F6N3O5. The molecule has 0 aromatic carbocycles. The molecule has 14 heteroatoms. The van der Waals surface area contributed by atoms with Crippen molar-refractivity contribution >= 4 is 17.8 Å². The number of anilines is 1. The summed E-state index contributed by atoms with van der Waals surface area (Å²) in [4.78, 5) is 24.9. The standard InChI is InChI=1S/C14H21N3O.2C2HF3O2/c1-3-18-9-11-4-12-5-13-8-15-6-10(2)17(13)14(12)16-7-11;2*3-2(4,5)1(6)7/h4,7,10,13,15H,3,5-6,8-9H2,1-2H3;2*(H,6,7)/t10-,13-;;/m1../s1. The fourth-order valence-corrected chi connectivity index (χ4v) is 3.06. The van der Waals surface area contributed by atoms with Crippen LogP contribution >= 0.6 is 0 Å². The van der Waals surface area contributed by atoms with E-state index in [4.69, 9.17) is 24.5 Å². The monoisotopic (exact) mass is 475 g/mol. The van der Waals surface area contributed by atoms with Gasteiger partial charge >= 0.3 is 24.3 Å². The number of halogens is 6. The third-order valence-electron chi connectivity index (χ3n) is 4.35. The van der Waals surface area contributed by atoms with E-state index in [1.54, 1.807) is 0 Å². The van der Waals surface area contributed by atoms with E-state index in [1.165, 1.54) is 16.9 Å². The number of aromatic nitrogens is 1. The minimum atomic E-state index is -5.08. The number of fused-ring (bicyclic) bond motifs is 3. The van der Waals surface area contributed by atoms with Crippen molar-refractivity contribution in [1.82, 2.24) is 10.3 Å². The molecule has 0 unspecified atom stereocenters. The minimum absolute atomic E-state index is 0.537. The molecule has 1 aromatic rings. The van der Waals surface area contributed by atoms with Crippen LogP contribution in [0.3, 0.4) is 0 Å². The van der Waals surface area contributed by atoms with Gasteiger partial charge in [-0.1, -0.05) is 0 Å². The van der Waals surface area contributed by atoms with Gasteiger partial charge in [0.1, 0.15) is 5.82 Å². The molecule has 0 spiro atoms. The summed E-state index contributed by atoms with van der Waals surface area (Å²) in [6.07, 6.45) is -7.09. The Bertz CT molecular complexity index is 763. The topological polar surface area (TPSA) is 112 Å². The van der Waals surface area contributed by atoms with E-state index in [0.29, 0.717) is 18.7 Å². The third kappa shape index (κ3) is 8.15. The molecule has 8 nitrogen and oxygen atoms in total. The molecule has 1 aromatic heterocycles. The summed E-state index contributed by atoms with van der Waals surface area (Å²) in [5, 5.41) is 17.7. The number of aliphatic carboxylic acids is 2. The average molecular weight is 475 g/mol. The quantitative estimate of drug-likeness (QED) is 0.573. The summed E-state index contributed by atoms with van der Waals surface area (Å²) in [6, 6.07) is 3.39. The number of alkyl halides is 6. The second kappa shape index (κ2) is 11.3. The number of carboxylic acid groups (broad SMARTS) is 2. The molecule has 3 N–H and O–H groups in total. The van der Waals surface area contributed by atoms with E-state index in [0.717, 1.165) is 26.1 Å². The Hall–Kier alpha value is -2.61. The maximum atomic E-state index is 10.6. The Balaban J connectivity index is 0.000000305. The van der Waals surface area contributed by atoms with Gasteiger partial charge < -0.3 is 25.2 Å². The van der Waals surface area contributed by atoms with E-state index in [2.05, 4.69) is 28.2 Å². The fourth-order valence-electron chi connectivity index (χ4n) is 3.06. The molecule has 0 saturated carbocycles. The molecule has 0 aliphatic carbocycles. The second-order valence-corrected chi connectivity index (χ2v) is 6.84. The predicted octanol–water partition coefficient (Wildman–Crippen LogP) is 2.61. The molecule has 0 radical (unpaired) electrons. The van der Waals surface area contributed by atoms with Gasteiger partial charge in [-0.2, -0.15) is 26.3 Å². The van der Waals surface area contributed by atoms with Crippen molar-refractivity contribution in [2.45, 2.75) is 51.3 Å².